The minimum absolute atomic E-state index is 0.0759. The topological polar surface area (TPSA) is 81.4 Å². The lowest BCUT2D eigenvalue weighted by Gasteiger charge is -2.26. The third-order valence-corrected chi connectivity index (χ3v) is 7.21. The van der Waals surface area contributed by atoms with Crippen LogP contribution in [0.15, 0.2) is 41.2 Å². The molecular formula is C27H18F4N2O4. The monoisotopic (exact) mass is 510 g/mol. The number of rotatable bonds is 2. The lowest BCUT2D eigenvalue weighted by Crippen LogP contribution is -2.32. The Morgan fingerprint density at radius 2 is 1.73 bits per heavy atom. The Morgan fingerprint density at radius 3 is 2.43 bits per heavy atom. The number of fused-ring (bicyclic) bond motifs is 5. The number of benzene rings is 2. The Labute approximate surface area is 206 Å². The molecular weight excluding hydrogens is 492 g/mol. The van der Waals surface area contributed by atoms with Gasteiger partial charge in [-0.1, -0.05) is 25.1 Å². The molecule has 37 heavy (non-hydrogen) atoms. The maximum Gasteiger partial charge on any atom is 0.309 e. The first kappa shape index (κ1) is 23.4. The van der Waals surface area contributed by atoms with Gasteiger partial charge in [0, 0.05) is 22.6 Å². The molecule has 2 aliphatic rings. The van der Waals surface area contributed by atoms with Crippen molar-refractivity contribution >= 4 is 16.9 Å². The van der Waals surface area contributed by atoms with Crippen molar-refractivity contribution in [3.05, 3.63) is 86.7 Å². The molecule has 0 amide bonds. The third kappa shape index (κ3) is 3.25. The van der Waals surface area contributed by atoms with Crippen molar-refractivity contribution < 1.29 is 32.2 Å². The van der Waals surface area contributed by atoms with Crippen molar-refractivity contribution in [3.63, 3.8) is 0 Å². The van der Waals surface area contributed by atoms with E-state index in [0.29, 0.717) is 0 Å². The zero-order valence-electron chi connectivity index (χ0n) is 19.4. The molecule has 0 saturated carbocycles. The molecule has 0 radical (unpaired) electrons. The number of carbonyl (C=O) groups is 1. The molecule has 0 spiro atoms. The summed E-state index contributed by atoms with van der Waals surface area (Å²) in [5.41, 5.74) is -2.11. The van der Waals surface area contributed by atoms with Gasteiger partial charge in [-0.15, -0.1) is 0 Å². The van der Waals surface area contributed by atoms with Crippen LogP contribution in [-0.2, 0) is 28.3 Å². The van der Waals surface area contributed by atoms with E-state index in [2.05, 4.69) is 4.98 Å². The van der Waals surface area contributed by atoms with Gasteiger partial charge in [-0.05, 0) is 24.1 Å². The fourth-order valence-electron chi connectivity index (χ4n) is 5.30. The average molecular weight is 510 g/mol. The van der Waals surface area contributed by atoms with E-state index >= 15 is 8.78 Å². The Balaban J connectivity index is 1.71. The fraction of sp³-hybridized carbons (Fsp3) is 0.222. The number of aromatic nitrogens is 2. The van der Waals surface area contributed by atoms with Crippen LogP contribution in [0.1, 0.15) is 36.5 Å². The van der Waals surface area contributed by atoms with Crippen molar-refractivity contribution in [3.8, 4) is 22.5 Å². The molecule has 0 bridgehead atoms. The maximum absolute atomic E-state index is 15.1. The van der Waals surface area contributed by atoms with Crippen LogP contribution in [0.3, 0.4) is 0 Å². The molecule has 0 unspecified atom stereocenters. The standard InChI is InChI=1S/C27H18F4N2O4/c1-2-27(36)9-20(34)37-11-14-15(27)7-19-25-13(10-33(19)26(14)35)21(12-5-3-4-6-18(12)32-25)22-23(30)16(28)8-17(29)24(22)31/h3-8,36H,2,9-11H2,1H3/t27-/m1/s1. The van der Waals surface area contributed by atoms with Gasteiger partial charge < -0.3 is 14.4 Å². The first-order chi connectivity index (χ1) is 17.6. The number of pyridine rings is 2. The predicted octanol–water partition coefficient (Wildman–Crippen LogP) is 4.69. The second-order valence-electron chi connectivity index (χ2n) is 9.21. The van der Waals surface area contributed by atoms with Gasteiger partial charge in [0.1, 0.15) is 12.2 Å². The van der Waals surface area contributed by atoms with E-state index in [-0.39, 0.29) is 76.6 Å². The number of nitrogens with zero attached hydrogens (tertiary/aromatic N) is 2. The summed E-state index contributed by atoms with van der Waals surface area (Å²) in [6, 6.07) is 8.00. The van der Waals surface area contributed by atoms with Crippen LogP contribution in [-0.4, -0.2) is 20.6 Å². The molecule has 4 heterocycles. The highest BCUT2D eigenvalue weighted by Crippen LogP contribution is 2.45. The van der Waals surface area contributed by atoms with E-state index in [9.17, 15) is 23.5 Å². The number of hydrogen-bond donors (Lipinski definition) is 1. The normalized spacial score (nSPS) is 18.3. The molecule has 6 nitrogen and oxygen atoms in total. The van der Waals surface area contributed by atoms with Crippen LogP contribution in [0.2, 0.25) is 0 Å². The minimum Gasteiger partial charge on any atom is -0.460 e. The maximum atomic E-state index is 15.1. The first-order valence-corrected chi connectivity index (χ1v) is 11.5. The molecule has 2 aromatic carbocycles. The van der Waals surface area contributed by atoms with E-state index in [0.717, 1.165) is 0 Å². The molecule has 0 saturated heterocycles. The zero-order chi connectivity index (χ0) is 26.2. The van der Waals surface area contributed by atoms with Gasteiger partial charge >= 0.3 is 5.97 Å². The number of esters is 1. The third-order valence-electron chi connectivity index (χ3n) is 7.21. The molecule has 4 aromatic rings. The predicted molar refractivity (Wildman–Crippen MR) is 124 cm³/mol. The number of carbonyl (C=O) groups excluding carboxylic acids is 1. The minimum atomic E-state index is -1.68. The Hall–Kier alpha value is -4.05. The first-order valence-electron chi connectivity index (χ1n) is 11.5. The number of halogens is 4. The second-order valence-corrected chi connectivity index (χ2v) is 9.21. The number of hydrogen-bond acceptors (Lipinski definition) is 5. The van der Waals surface area contributed by atoms with Crippen LogP contribution in [0, 0.1) is 23.3 Å². The van der Waals surface area contributed by atoms with Crippen LogP contribution in [0.25, 0.3) is 33.4 Å². The molecule has 0 aliphatic carbocycles. The zero-order valence-corrected chi connectivity index (χ0v) is 19.4. The van der Waals surface area contributed by atoms with Crippen LogP contribution in [0.4, 0.5) is 17.6 Å². The van der Waals surface area contributed by atoms with Crippen LogP contribution < -0.4 is 5.56 Å². The van der Waals surface area contributed by atoms with Gasteiger partial charge in [0.15, 0.2) is 23.3 Å². The lowest BCUT2D eigenvalue weighted by molar-refractivity contribution is -0.149. The number of ether oxygens (including phenoxy) is 1. The highest BCUT2D eigenvalue weighted by Gasteiger charge is 2.40. The van der Waals surface area contributed by atoms with E-state index in [4.69, 9.17) is 4.74 Å². The molecule has 6 rings (SSSR count). The molecule has 188 valence electrons. The summed E-state index contributed by atoms with van der Waals surface area (Å²) in [5.74, 6) is -6.90. The van der Waals surface area contributed by atoms with Crippen LogP contribution in [0.5, 0.6) is 0 Å². The summed E-state index contributed by atoms with van der Waals surface area (Å²) in [7, 11) is 0. The number of cyclic esters (lactones) is 1. The fourth-order valence-corrected chi connectivity index (χ4v) is 5.30. The summed E-state index contributed by atoms with van der Waals surface area (Å²) in [4.78, 5) is 30.3. The van der Waals surface area contributed by atoms with E-state index in [1.54, 1.807) is 25.1 Å². The van der Waals surface area contributed by atoms with Crippen molar-refractivity contribution in [2.45, 2.75) is 38.5 Å². The van der Waals surface area contributed by atoms with Crippen molar-refractivity contribution in [1.29, 1.82) is 0 Å². The molecule has 2 aromatic heterocycles. The summed E-state index contributed by atoms with van der Waals surface area (Å²) in [5, 5.41) is 11.5. The Kier molecular flexibility index (Phi) is 5.03. The van der Waals surface area contributed by atoms with Crippen molar-refractivity contribution in [2.24, 2.45) is 0 Å². The second kappa shape index (κ2) is 7.97. The summed E-state index contributed by atoms with van der Waals surface area (Å²) < 4.78 is 65.1. The molecule has 0 fully saturated rings. The molecule has 1 N–H and O–H groups in total. The molecule has 2 aliphatic heterocycles. The lowest BCUT2D eigenvalue weighted by atomic mass is 9.85. The van der Waals surface area contributed by atoms with Gasteiger partial charge in [0.2, 0.25) is 0 Å². The SMILES string of the molecule is CC[C@@]1(O)CC(=O)OCc2c1cc1n(c2=O)Cc2c-1nc1ccccc1c2-c1c(F)c(F)cc(F)c1F. The van der Waals surface area contributed by atoms with E-state index in [1.165, 1.54) is 16.7 Å². The summed E-state index contributed by atoms with van der Waals surface area (Å²) in [6.45, 7) is 1.10. The Morgan fingerprint density at radius 1 is 1.03 bits per heavy atom. The summed E-state index contributed by atoms with van der Waals surface area (Å²) >= 11 is 0. The largest absolute Gasteiger partial charge is 0.460 e. The van der Waals surface area contributed by atoms with Gasteiger partial charge in [-0.25, -0.2) is 22.5 Å². The molecule has 1 atom stereocenters. The quantitative estimate of drug-likeness (QED) is 0.212. The molecule has 10 heteroatoms. The number of para-hydroxylation sites is 1. The van der Waals surface area contributed by atoms with Gasteiger partial charge in [0.05, 0.1) is 41.0 Å². The van der Waals surface area contributed by atoms with E-state index < -0.39 is 46.0 Å². The van der Waals surface area contributed by atoms with Crippen molar-refractivity contribution in [1.82, 2.24) is 9.55 Å². The Bertz CT molecular complexity index is 1710. The van der Waals surface area contributed by atoms with Gasteiger partial charge in [-0.3, -0.25) is 9.59 Å². The van der Waals surface area contributed by atoms with Gasteiger partial charge in [-0.2, -0.15) is 0 Å². The highest BCUT2D eigenvalue weighted by atomic mass is 19.2. The van der Waals surface area contributed by atoms with Gasteiger partial charge in [0.25, 0.3) is 5.56 Å². The highest BCUT2D eigenvalue weighted by molar-refractivity contribution is 6.00. The summed E-state index contributed by atoms with van der Waals surface area (Å²) in [6.07, 6.45) is -0.248. The smallest absolute Gasteiger partial charge is 0.309 e. The van der Waals surface area contributed by atoms with Crippen LogP contribution >= 0.6 is 0 Å². The number of aliphatic hydroxyl groups is 1. The van der Waals surface area contributed by atoms with E-state index in [1.807, 2.05) is 0 Å². The average Bonchev–Trinajstić information content (AvgIpc) is 3.18. The van der Waals surface area contributed by atoms with Crippen molar-refractivity contribution in [2.75, 3.05) is 0 Å².